The highest BCUT2D eigenvalue weighted by Gasteiger charge is 2.10. The fraction of sp³-hybridized carbons (Fsp3) is 0.211. The molecule has 0 saturated carbocycles. The maximum absolute atomic E-state index is 11.9. The third kappa shape index (κ3) is 7.21. The molecule has 0 heterocycles. The van der Waals surface area contributed by atoms with Crippen LogP contribution in [0, 0.1) is 6.92 Å². The van der Waals surface area contributed by atoms with Crippen LogP contribution in [0.3, 0.4) is 0 Å². The second-order valence-electron chi connectivity index (χ2n) is 5.85. The summed E-state index contributed by atoms with van der Waals surface area (Å²) in [5.41, 5.74) is 6.00. The molecular weight excluding hydrogens is 450 g/mol. The summed E-state index contributed by atoms with van der Waals surface area (Å²) in [6, 6.07) is 12.2. The zero-order valence-corrected chi connectivity index (χ0v) is 17.4. The van der Waals surface area contributed by atoms with E-state index >= 15 is 0 Å². The minimum absolute atomic E-state index is 0.0558. The fourth-order valence-electron chi connectivity index (χ4n) is 2.11. The molecule has 28 heavy (non-hydrogen) atoms. The van der Waals surface area contributed by atoms with Crippen LogP contribution in [0.15, 0.2) is 46.9 Å². The van der Waals surface area contributed by atoms with Crippen molar-refractivity contribution < 1.29 is 19.1 Å². The molecule has 2 aromatic rings. The molecule has 0 fully saturated rings. The number of aryl methyl sites for hydroxylation is 1. The summed E-state index contributed by atoms with van der Waals surface area (Å²) in [6.45, 7) is 1.67. The Kier molecular flexibility index (Phi) is 8.28. The minimum atomic E-state index is -0.527. The third-order valence-corrected chi connectivity index (χ3v) is 4.46. The molecule has 2 aromatic carbocycles. The number of hydrogen-bond donors (Lipinski definition) is 3. The summed E-state index contributed by atoms with van der Waals surface area (Å²) in [5, 5.41) is 3.03. The lowest BCUT2D eigenvalue weighted by Crippen LogP contribution is -2.44. The molecule has 0 aliphatic rings. The zero-order chi connectivity index (χ0) is 20.5. The average molecular weight is 469 g/mol. The van der Waals surface area contributed by atoms with Crippen LogP contribution in [-0.4, -0.2) is 24.3 Å². The van der Waals surface area contributed by atoms with Crippen molar-refractivity contribution in [3.05, 3.63) is 57.5 Å². The van der Waals surface area contributed by atoms with E-state index in [1.807, 2.05) is 19.1 Å². The number of halogens is 2. The maximum Gasteiger partial charge on any atom is 0.276 e. The van der Waals surface area contributed by atoms with Crippen molar-refractivity contribution in [2.45, 2.75) is 19.8 Å². The highest BCUT2D eigenvalue weighted by atomic mass is 79.9. The van der Waals surface area contributed by atoms with Crippen LogP contribution in [0.1, 0.15) is 18.4 Å². The Balaban J connectivity index is 1.66. The number of anilines is 1. The van der Waals surface area contributed by atoms with Gasteiger partial charge in [-0.25, -0.2) is 0 Å². The zero-order valence-electron chi connectivity index (χ0n) is 15.1. The molecule has 9 heteroatoms. The van der Waals surface area contributed by atoms with Crippen LogP contribution < -0.4 is 20.9 Å². The Morgan fingerprint density at radius 1 is 1.00 bits per heavy atom. The fourth-order valence-corrected chi connectivity index (χ4v) is 2.90. The van der Waals surface area contributed by atoms with Crippen LogP contribution in [0.4, 0.5) is 5.69 Å². The van der Waals surface area contributed by atoms with E-state index < -0.39 is 11.8 Å². The monoisotopic (exact) mass is 467 g/mol. The van der Waals surface area contributed by atoms with Gasteiger partial charge in [-0.05, 0) is 52.7 Å². The first-order valence-corrected chi connectivity index (χ1v) is 9.53. The number of amides is 3. The molecule has 0 aromatic heterocycles. The van der Waals surface area contributed by atoms with Gasteiger partial charge < -0.3 is 10.1 Å². The van der Waals surface area contributed by atoms with Gasteiger partial charge in [0.05, 0.1) is 15.2 Å². The van der Waals surface area contributed by atoms with Gasteiger partial charge in [-0.15, -0.1) is 0 Å². The van der Waals surface area contributed by atoms with Crippen LogP contribution >= 0.6 is 27.5 Å². The Morgan fingerprint density at radius 2 is 1.68 bits per heavy atom. The highest BCUT2D eigenvalue weighted by Crippen LogP contribution is 2.25. The van der Waals surface area contributed by atoms with Crippen molar-refractivity contribution in [3.63, 3.8) is 0 Å². The summed E-state index contributed by atoms with van der Waals surface area (Å²) in [7, 11) is 0. The number of para-hydroxylation sites is 1. The van der Waals surface area contributed by atoms with Gasteiger partial charge in [-0.2, -0.15) is 0 Å². The van der Waals surface area contributed by atoms with E-state index in [9.17, 15) is 14.4 Å². The first kappa shape index (κ1) is 21.7. The van der Waals surface area contributed by atoms with E-state index in [1.165, 1.54) is 0 Å². The lowest BCUT2D eigenvalue weighted by atomic mass is 10.2. The molecule has 3 N–H and O–H groups in total. The molecular formula is C19H19BrClN3O4. The van der Waals surface area contributed by atoms with Crippen molar-refractivity contribution in [2.75, 3.05) is 11.9 Å². The molecule has 0 spiro atoms. The van der Waals surface area contributed by atoms with Crippen molar-refractivity contribution >= 4 is 50.9 Å². The molecule has 0 bridgehead atoms. The number of carbonyl (C=O) groups is 3. The predicted octanol–water partition coefficient (Wildman–Crippen LogP) is 3.36. The summed E-state index contributed by atoms with van der Waals surface area (Å²) in [6.07, 6.45) is -0.152. The Hall–Kier alpha value is -2.58. The van der Waals surface area contributed by atoms with Crippen molar-refractivity contribution in [2.24, 2.45) is 0 Å². The number of rotatable bonds is 7. The number of carbonyl (C=O) groups excluding carboxylic acids is 3. The van der Waals surface area contributed by atoms with E-state index in [1.54, 1.807) is 30.3 Å². The lowest BCUT2D eigenvalue weighted by molar-refractivity contribution is -0.130. The molecule has 0 radical (unpaired) electrons. The van der Waals surface area contributed by atoms with Gasteiger partial charge in [-0.3, -0.25) is 25.2 Å². The van der Waals surface area contributed by atoms with Crippen LogP contribution in [0.2, 0.25) is 5.02 Å². The largest absolute Gasteiger partial charge is 0.483 e. The maximum atomic E-state index is 11.9. The Labute approximate surface area is 175 Å². The second-order valence-corrected chi connectivity index (χ2v) is 7.11. The predicted molar refractivity (Wildman–Crippen MR) is 110 cm³/mol. The van der Waals surface area contributed by atoms with Gasteiger partial charge in [0.15, 0.2) is 6.61 Å². The third-order valence-electron chi connectivity index (χ3n) is 3.51. The van der Waals surface area contributed by atoms with E-state index in [0.717, 1.165) is 10.0 Å². The van der Waals surface area contributed by atoms with Gasteiger partial charge in [0.25, 0.3) is 5.91 Å². The van der Waals surface area contributed by atoms with Gasteiger partial charge in [0, 0.05) is 12.8 Å². The van der Waals surface area contributed by atoms with Crippen molar-refractivity contribution in [3.8, 4) is 5.75 Å². The molecule has 2 rings (SSSR count). The lowest BCUT2D eigenvalue weighted by Gasteiger charge is -2.10. The first-order chi connectivity index (χ1) is 13.3. The molecule has 0 aliphatic heterocycles. The van der Waals surface area contributed by atoms with Crippen LogP contribution in [-0.2, 0) is 14.4 Å². The number of nitrogens with one attached hydrogen (secondary N) is 3. The number of hydrogen-bond acceptors (Lipinski definition) is 4. The van der Waals surface area contributed by atoms with Gasteiger partial charge >= 0.3 is 0 Å². The summed E-state index contributed by atoms with van der Waals surface area (Å²) >= 11 is 9.30. The summed E-state index contributed by atoms with van der Waals surface area (Å²) in [5.74, 6) is -0.869. The molecule has 0 atom stereocenters. The molecule has 0 saturated heterocycles. The van der Waals surface area contributed by atoms with Gasteiger partial charge in [0.2, 0.25) is 11.8 Å². The molecule has 0 aliphatic carbocycles. The van der Waals surface area contributed by atoms with Gasteiger partial charge in [-0.1, -0.05) is 29.8 Å². The summed E-state index contributed by atoms with van der Waals surface area (Å²) in [4.78, 5) is 35.4. The second kappa shape index (κ2) is 10.7. The standard InChI is InChI=1S/C19H19BrClN3O4/c1-12-6-7-16(13(20)10-12)28-11-19(27)24-23-18(26)9-8-17(25)22-15-5-3-2-4-14(15)21/h2-7,10H,8-9,11H2,1H3,(H,22,25)(H,23,26)(H,24,27). The minimum Gasteiger partial charge on any atom is -0.483 e. The van der Waals surface area contributed by atoms with Gasteiger partial charge in [0.1, 0.15) is 5.75 Å². The van der Waals surface area contributed by atoms with E-state index in [-0.39, 0.29) is 25.4 Å². The number of hydrazine groups is 1. The highest BCUT2D eigenvalue weighted by molar-refractivity contribution is 9.10. The molecule has 3 amide bonds. The Bertz CT molecular complexity index is 876. The molecule has 0 unspecified atom stereocenters. The van der Waals surface area contributed by atoms with Crippen molar-refractivity contribution in [1.29, 1.82) is 0 Å². The summed E-state index contributed by atoms with van der Waals surface area (Å²) < 4.78 is 6.11. The van der Waals surface area contributed by atoms with E-state index in [0.29, 0.717) is 16.5 Å². The van der Waals surface area contributed by atoms with Crippen LogP contribution in [0.5, 0.6) is 5.75 Å². The first-order valence-electron chi connectivity index (χ1n) is 8.36. The smallest absolute Gasteiger partial charge is 0.276 e. The van der Waals surface area contributed by atoms with Crippen LogP contribution in [0.25, 0.3) is 0 Å². The van der Waals surface area contributed by atoms with Crippen molar-refractivity contribution in [1.82, 2.24) is 10.9 Å². The molecule has 148 valence electrons. The topological polar surface area (TPSA) is 96.5 Å². The number of ether oxygens (including phenoxy) is 1. The number of benzene rings is 2. The molecule has 7 nitrogen and oxygen atoms in total. The quantitative estimate of drug-likeness (QED) is 0.543. The SMILES string of the molecule is Cc1ccc(OCC(=O)NNC(=O)CCC(=O)Nc2ccccc2Cl)c(Br)c1. The van der Waals surface area contributed by atoms with E-state index in [4.69, 9.17) is 16.3 Å². The average Bonchev–Trinajstić information content (AvgIpc) is 2.66. The van der Waals surface area contributed by atoms with E-state index in [2.05, 4.69) is 32.1 Å². The normalized spacial score (nSPS) is 10.1. The Morgan fingerprint density at radius 3 is 2.39 bits per heavy atom.